The average Bonchev–Trinajstić information content (AvgIpc) is 3.09. The van der Waals surface area contributed by atoms with Crippen LogP contribution in [0.15, 0.2) is 5.38 Å². The van der Waals surface area contributed by atoms with Gasteiger partial charge in [-0.25, -0.2) is 9.67 Å². The van der Waals surface area contributed by atoms with Gasteiger partial charge in [0.05, 0.1) is 16.7 Å². The van der Waals surface area contributed by atoms with E-state index >= 15 is 0 Å². The van der Waals surface area contributed by atoms with Crippen molar-refractivity contribution in [2.24, 2.45) is 7.05 Å². The van der Waals surface area contributed by atoms with Crippen molar-refractivity contribution in [3.8, 4) is 0 Å². The summed E-state index contributed by atoms with van der Waals surface area (Å²) < 4.78 is 1.65. The van der Waals surface area contributed by atoms with Crippen molar-refractivity contribution in [3.63, 3.8) is 0 Å². The van der Waals surface area contributed by atoms with Gasteiger partial charge in [-0.3, -0.25) is 4.90 Å². The van der Waals surface area contributed by atoms with Gasteiger partial charge in [-0.2, -0.15) is 10.1 Å². The molecule has 1 saturated heterocycles. The third kappa shape index (κ3) is 2.69. The van der Waals surface area contributed by atoms with E-state index in [0.29, 0.717) is 12.0 Å². The Hall–Kier alpha value is -1.47. The van der Waals surface area contributed by atoms with E-state index in [-0.39, 0.29) is 0 Å². The summed E-state index contributed by atoms with van der Waals surface area (Å²) in [5.41, 5.74) is 6.97. The second-order valence-corrected chi connectivity index (χ2v) is 6.32. The normalized spacial score (nSPS) is 19.8. The van der Waals surface area contributed by atoms with Crippen molar-refractivity contribution in [3.05, 3.63) is 21.9 Å². The van der Waals surface area contributed by atoms with Gasteiger partial charge in [-0.05, 0) is 26.3 Å². The van der Waals surface area contributed by atoms with Crippen LogP contribution in [0, 0.1) is 6.92 Å². The van der Waals surface area contributed by atoms with Gasteiger partial charge in [0.1, 0.15) is 0 Å². The molecule has 1 unspecified atom stereocenters. The van der Waals surface area contributed by atoms with Crippen LogP contribution in [0.4, 0.5) is 5.95 Å². The van der Waals surface area contributed by atoms with Gasteiger partial charge < -0.3 is 5.73 Å². The van der Waals surface area contributed by atoms with Crippen LogP contribution in [0.3, 0.4) is 0 Å². The van der Waals surface area contributed by atoms with Crippen molar-refractivity contribution in [2.75, 3.05) is 18.8 Å². The zero-order valence-electron chi connectivity index (χ0n) is 11.9. The molecule has 108 valence electrons. The molecule has 2 aromatic rings. The smallest absolute Gasteiger partial charge is 0.218 e. The molecular weight excluding hydrogens is 272 g/mol. The Morgan fingerprint density at radius 3 is 2.95 bits per heavy atom. The van der Waals surface area contributed by atoms with Crippen LogP contribution >= 0.6 is 11.3 Å². The summed E-state index contributed by atoms with van der Waals surface area (Å²) >= 11 is 1.72. The van der Waals surface area contributed by atoms with E-state index in [9.17, 15) is 0 Å². The van der Waals surface area contributed by atoms with Crippen LogP contribution in [0.1, 0.15) is 35.4 Å². The quantitative estimate of drug-likeness (QED) is 0.925. The minimum Gasteiger partial charge on any atom is -0.368 e. The van der Waals surface area contributed by atoms with E-state index in [4.69, 9.17) is 5.73 Å². The number of nitrogens with two attached hydrogens (primary N) is 1. The highest BCUT2D eigenvalue weighted by Gasteiger charge is 2.29. The molecule has 2 aromatic heterocycles. The number of anilines is 1. The first-order chi connectivity index (χ1) is 9.63. The van der Waals surface area contributed by atoms with E-state index < -0.39 is 0 Å². The lowest BCUT2D eigenvalue weighted by Crippen LogP contribution is -2.26. The number of hydrogen-bond donors (Lipinski definition) is 1. The van der Waals surface area contributed by atoms with E-state index in [2.05, 4.69) is 25.3 Å². The number of likely N-dealkylation sites (tertiary alicyclic amines) is 1. The minimum atomic E-state index is 0.304. The molecule has 1 aliphatic rings. The van der Waals surface area contributed by atoms with Crippen molar-refractivity contribution < 1.29 is 0 Å². The van der Waals surface area contributed by atoms with Crippen molar-refractivity contribution in [2.45, 2.75) is 32.2 Å². The molecule has 1 atom stereocenters. The Labute approximate surface area is 122 Å². The van der Waals surface area contributed by atoms with Crippen molar-refractivity contribution >= 4 is 17.3 Å². The molecular formula is C13H20N6S. The molecule has 3 heterocycles. The van der Waals surface area contributed by atoms with Gasteiger partial charge in [0.25, 0.3) is 0 Å². The summed E-state index contributed by atoms with van der Waals surface area (Å²) in [5, 5.41) is 7.71. The first kappa shape index (κ1) is 13.5. The third-order valence-electron chi connectivity index (χ3n) is 3.80. The number of thiazole rings is 1. The second kappa shape index (κ2) is 5.49. The molecule has 0 radical (unpaired) electrons. The molecule has 0 aliphatic carbocycles. The van der Waals surface area contributed by atoms with Gasteiger partial charge in [0.2, 0.25) is 5.95 Å². The fraction of sp³-hybridized carbons (Fsp3) is 0.615. The lowest BCUT2D eigenvalue weighted by atomic mass is 10.2. The highest BCUT2D eigenvalue weighted by Crippen LogP contribution is 2.30. The number of aryl methyl sites for hydroxylation is 2. The highest BCUT2D eigenvalue weighted by molar-refractivity contribution is 7.09. The Kier molecular flexibility index (Phi) is 3.71. The molecule has 0 amide bonds. The zero-order chi connectivity index (χ0) is 14.1. The molecule has 1 fully saturated rings. The predicted molar refractivity (Wildman–Crippen MR) is 79.5 cm³/mol. The SMILES string of the molecule is Cc1nc(CCN2CCCC2c2nc(N)n(C)n2)cs1. The molecule has 20 heavy (non-hydrogen) atoms. The first-order valence-electron chi connectivity index (χ1n) is 6.95. The average molecular weight is 292 g/mol. The van der Waals surface area contributed by atoms with E-state index in [1.54, 1.807) is 16.0 Å². The van der Waals surface area contributed by atoms with Gasteiger partial charge in [0, 0.05) is 25.4 Å². The van der Waals surface area contributed by atoms with E-state index in [0.717, 1.165) is 36.8 Å². The monoisotopic (exact) mass is 292 g/mol. The third-order valence-corrected chi connectivity index (χ3v) is 4.62. The van der Waals surface area contributed by atoms with Gasteiger partial charge in [0.15, 0.2) is 5.82 Å². The number of rotatable bonds is 4. The Balaban J connectivity index is 1.66. The number of nitrogen functional groups attached to an aromatic ring is 1. The summed E-state index contributed by atoms with van der Waals surface area (Å²) in [6.07, 6.45) is 3.29. The molecule has 0 aromatic carbocycles. The summed E-state index contributed by atoms with van der Waals surface area (Å²) in [7, 11) is 1.84. The molecule has 0 spiro atoms. The molecule has 0 saturated carbocycles. The van der Waals surface area contributed by atoms with Crippen molar-refractivity contribution in [1.82, 2.24) is 24.6 Å². The number of hydrogen-bond acceptors (Lipinski definition) is 6. The lowest BCUT2D eigenvalue weighted by Gasteiger charge is -2.21. The van der Waals surface area contributed by atoms with Crippen LogP contribution in [0.25, 0.3) is 0 Å². The van der Waals surface area contributed by atoms with Crippen molar-refractivity contribution in [1.29, 1.82) is 0 Å². The first-order valence-corrected chi connectivity index (χ1v) is 7.83. The lowest BCUT2D eigenvalue weighted by molar-refractivity contribution is 0.250. The molecule has 1 aliphatic heterocycles. The van der Waals surface area contributed by atoms with Crippen LogP contribution in [-0.4, -0.2) is 37.7 Å². The van der Waals surface area contributed by atoms with Crippen LogP contribution in [0.5, 0.6) is 0 Å². The zero-order valence-corrected chi connectivity index (χ0v) is 12.7. The van der Waals surface area contributed by atoms with Gasteiger partial charge >= 0.3 is 0 Å². The van der Waals surface area contributed by atoms with Crippen LogP contribution in [0.2, 0.25) is 0 Å². The molecule has 2 N–H and O–H groups in total. The van der Waals surface area contributed by atoms with Crippen LogP contribution in [-0.2, 0) is 13.5 Å². The fourth-order valence-electron chi connectivity index (χ4n) is 2.73. The maximum atomic E-state index is 5.78. The largest absolute Gasteiger partial charge is 0.368 e. The van der Waals surface area contributed by atoms with Gasteiger partial charge in [-0.1, -0.05) is 0 Å². The second-order valence-electron chi connectivity index (χ2n) is 5.25. The Bertz CT molecular complexity index is 570. The number of nitrogens with zero attached hydrogens (tertiary/aromatic N) is 5. The fourth-order valence-corrected chi connectivity index (χ4v) is 3.37. The van der Waals surface area contributed by atoms with Gasteiger partial charge in [-0.15, -0.1) is 11.3 Å². The van der Waals surface area contributed by atoms with E-state index in [1.807, 2.05) is 14.0 Å². The Morgan fingerprint density at radius 2 is 2.30 bits per heavy atom. The maximum absolute atomic E-state index is 5.78. The molecule has 6 nitrogen and oxygen atoms in total. The van der Waals surface area contributed by atoms with E-state index in [1.165, 1.54) is 12.1 Å². The molecule has 7 heteroatoms. The highest BCUT2D eigenvalue weighted by atomic mass is 32.1. The Morgan fingerprint density at radius 1 is 1.45 bits per heavy atom. The molecule has 3 rings (SSSR count). The molecule has 0 bridgehead atoms. The minimum absolute atomic E-state index is 0.304. The maximum Gasteiger partial charge on any atom is 0.218 e. The predicted octanol–water partition coefficient (Wildman–Crippen LogP) is 1.54. The topological polar surface area (TPSA) is 72.9 Å². The summed E-state index contributed by atoms with van der Waals surface area (Å²) in [4.78, 5) is 11.3. The number of aromatic nitrogens is 4. The standard InChI is InChI=1S/C13H20N6S/c1-9-15-10(8-20-9)5-7-19-6-3-4-11(19)12-16-13(14)18(2)17-12/h8,11H,3-7H2,1-2H3,(H2,14,16,17). The summed E-state index contributed by atoms with van der Waals surface area (Å²) in [6, 6.07) is 0.304. The summed E-state index contributed by atoms with van der Waals surface area (Å²) in [5.74, 6) is 1.35. The van der Waals surface area contributed by atoms with Crippen LogP contribution < -0.4 is 5.73 Å². The summed E-state index contributed by atoms with van der Waals surface area (Å²) in [6.45, 7) is 4.16.